The molecule has 3 rings (SSSR count). The number of nitrogens with zero attached hydrogens (tertiary/aromatic N) is 3. The Labute approximate surface area is 188 Å². The Bertz CT molecular complexity index is 1070. The van der Waals surface area contributed by atoms with E-state index in [4.69, 9.17) is 11.6 Å². The van der Waals surface area contributed by atoms with Gasteiger partial charge in [-0.2, -0.15) is 31.4 Å². The van der Waals surface area contributed by atoms with E-state index in [-0.39, 0.29) is 28.5 Å². The second-order valence-electron chi connectivity index (χ2n) is 7.87. The lowest BCUT2D eigenvalue weighted by molar-refractivity contribution is -0.142. The predicted molar refractivity (Wildman–Crippen MR) is 107 cm³/mol. The van der Waals surface area contributed by atoms with Crippen molar-refractivity contribution < 1.29 is 31.1 Å². The molecule has 182 valence electrons. The molecule has 0 unspecified atom stereocenters. The van der Waals surface area contributed by atoms with Crippen molar-refractivity contribution in [2.75, 3.05) is 5.32 Å². The Hall–Kier alpha value is -2.70. The van der Waals surface area contributed by atoms with Crippen LogP contribution in [0.15, 0.2) is 23.3 Å². The van der Waals surface area contributed by atoms with Gasteiger partial charge in [0, 0.05) is 31.5 Å². The van der Waals surface area contributed by atoms with Gasteiger partial charge in [0.2, 0.25) is 0 Å². The number of anilines is 1. The monoisotopic (exact) mass is 499 g/mol. The van der Waals surface area contributed by atoms with Crippen LogP contribution in [0.5, 0.6) is 0 Å². The molecule has 0 aromatic carbocycles. The van der Waals surface area contributed by atoms with Gasteiger partial charge in [-0.25, -0.2) is 0 Å². The van der Waals surface area contributed by atoms with Crippen LogP contribution in [0.1, 0.15) is 41.6 Å². The number of hydrogen-bond acceptors (Lipinski definition) is 4. The number of hydrogen-bond donors (Lipinski definition) is 2. The first-order valence-corrected chi connectivity index (χ1v) is 10.3. The van der Waals surface area contributed by atoms with Crippen molar-refractivity contribution in [2.24, 2.45) is 7.05 Å². The van der Waals surface area contributed by atoms with E-state index in [1.54, 1.807) is 0 Å². The number of carbonyl (C=O) groups excluding carboxylic acids is 1. The maximum absolute atomic E-state index is 13.1. The highest BCUT2D eigenvalue weighted by molar-refractivity contribution is 6.32. The van der Waals surface area contributed by atoms with Crippen molar-refractivity contribution >= 4 is 23.2 Å². The topological polar surface area (TPSA) is 81.0 Å². The normalized spacial score (nSPS) is 19.4. The second kappa shape index (κ2) is 9.27. The van der Waals surface area contributed by atoms with Crippen molar-refractivity contribution in [1.29, 1.82) is 0 Å². The quantitative estimate of drug-likeness (QED) is 0.610. The van der Waals surface area contributed by atoms with Gasteiger partial charge in [-0.05, 0) is 31.7 Å². The minimum absolute atomic E-state index is 0.153. The molecule has 1 fully saturated rings. The fourth-order valence-electron chi connectivity index (χ4n) is 3.69. The summed E-state index contributed by atoms with van der Waals surface area (Å²) in [5.74, 6) is -0.655. The first-order chi connectivity index (χ1) is 15.2. The van der Waals surface area contributed by atoms with Crippen LogP contribution in [0.25, 0.3) is 0 Å². The summed E-state index contributed by atoms with van der Waals surface area (Å²) >= 11 is 5.79. The summed E-state index contributed by atoms with van der Waals surface area (Å²) in [4.78, 5) is 24.1. The molecule has 0 saturated heterocycles. The van der Waals surface area contributed by atoms with Crippen LogP contribution in [0.2, 0.25) is 5.15 Å². The van der Waals surface area contributed by atoms with E-state index in [0.29, 0.717) is 30.4 Å². The fourth-order valence-corrected chi connectivity index (χ4v) is 3.92. The van der Waals surface area contributed by atoms with E-state index in [1.165, 1.54) is 13.2 Å². The molecule has 2 aromatic rings. The number of alkyl halides is 6. The van der Waals surface area contributed by atoms with Crippen LogP contribution in [0.4, 0.5) is 32.0 Å². The van der Waals surface area contributed by atoms with E-state index >= 15 is 0 Å². The van der Waals surface area contributed by atoms with Gasteiger partial charge in [0.05, 0.1) is 11.3 Å². The van der Waals surface area contributed by atoms with Crippen LogP contribution in [0, 0.1) is 0 Å². The third-order valence-corrected chi connectivity index (χ3v) is 5.50. The molecule has 14 heteroatoms. The summed E-state index contributed by atoms with van der Waals surface area (Å²) in [6, 6.07) is 0.301. The molecule has 0 bridgehead atoms. The highest BCUT2D eigenvalue weighted by Gasteiger charge is 2.35. The second-order valence-corrected chi connectivity index (χ2v) is 8.23. The molecule has 0 atom stereocenters. The van der Waals surface area contributed by atoms with E-state index in [1.807, 2.05) is 0 Å². The molecule has 1 amide bonds. The number of amides is 1. The minimum atomic E-state index is -4.77. The van der Waals surface area contributed by atoms with Crippen LogP contribution in [-0.4, -0.2) is 38.5 Å². The molecule has 1 saturated carbocycles. The number of aromatic nitrogens is 3. The number of nitrogens with one attached hydrogen (secondary N) is 2. The molecule has 2 aromatic heterocycles. The number of pyridine rings is 1. The first-order valence-electron chi connectivity index (χ1n) is 9.88. The van der Waals surface area contributed by atoms with Crippen LogP contribution >= 0.6 is 11.6 Å². The smallest absolute Gasteiger partial charge is 0.381 e. The first kappa shape index (κ1) is 24.9. The third kappa shape index (κ3) is 6.42. The summed E-state index contributed by atoms with van der Waals surface area (Å²) in [5.41, 5.74) is -2.43. The lowest BCUT2D eigenvalue weighted by Gasteiger charge is -2.30. The average Bonchev–Trinajstić information content (AvgIpc) is 3.03. The zero-order valence-corrected chi connectivity index (χ0v) is 18.0. The maximum atomic E-state index is 13.1. The molecule has 33 heavy (non-hydrogen) atoms. The van der Waals surface area contributed by atoms with Gasteiger partial charge in [0.15, 0.2) is 5.15 Å². The molecular formula is C19H20ClF6N5O2. The van der Waals surface area contributed by atoms with E-state index in [0.717, 1.165) is 16.8 Å². The lowest BCUT2D eigenvalue weighted by atomic mass is 9.91. The molecule has 7 nitrogen and oxygen atoms in total. The highest BCUT2D eigenvalue weighted by atomic mass is 35.5. The van der Waals surface area contributed by atoms with Gasteiger partial charge in [-0.3, -0.25) is 14.3 Å². The average molecular weight is 500 g/mol. The van der Waals surface area contributed by atoms with E-state index < -0.39 is 35.9 Å². The zero-order chi connectivity index (χ0) is 24.6. The maximum Gasteiger partial charge on any atom is 0.421 e. The van der Waals surface area contributed by atoms with E-state index in [9.17, 15) is 35.9 Å². The molecule has 0 aliphatic heterocycles. The summed E-state index contributed by atoms with van der Waals surface area (Å²) in [7, 11) is 1.23. The van der Waals surface area contributed by atoms with Crippen molar-refractivity contribution in [2.45, 2.75) is 56.7 Å². The van der Waals surface area contributed by atoms with Crippen molar-refractivity contribution in [3.05, 3.63) is 45.1 Å². The summed E-state index contributed by atoms with van der Waals surface area (Å²) < 4.78 is 78.0. The van der Waals surface area contributed by atoms with Crippen molar-refractivity contribution in [1.82, 2.24) is 19.7 Å². The van der Waals surface area contributed by atoms with Gasteiger partial charge < -0.3 is 15.2 Å². The van der Waals surface area contributed by atoms with Gasteiger partial charge in [-0.15, -0.1) is 0 Å². The number of rotatable bonds is 5. The number of carbonyl (C=O) groups is 1. The molecule has 0 spiro atoms. The molecule has 0 radical (unpaired) electrons. The van der Waals surface area contributed by atoms with Crippen LogP contribution in [0.3, 0.4) is 0 Å². The van der Waals surface area contributed by atoms with Gasteiger partial charge >= 0.3 is 12.4 Å². The summed E-state index contributed by atoms with van der Waals surface area (Å²) in [5, 5.41) is 8.84. The predicted octanol–water partition coefficient (Wildman–Crippen LogP) is 3.97. The molecular weight excluding hydrogens is 480 g/mol. The summed E-state index contributed by atoms with van der Waals surface area (Å²) in [6.07, 6.45) is -5.09. The van der Waals surface area contributed by atoms with Gasteiger partial charge in [-0.1, -0.05) is 11.6 Å². The summed E-state index contributed by atoms with van der Waals surface area (Å²) in [6.45, 7) is -1.38. The Morgan fingerprint density at radius 2 is 1.73 bits per heavy atom. The molecule has 2 N–H and O–H groups in total. The van der Waals surface area contributed by atoms with Gasteiger partial charge in [0.1, 0.15) is 12.1 Å². The largest absolute Gasteiger partial charge is 0.421 e. The number of halogens is 7. The van der Waals surface area contributed by atoms with Crippen molar-refractivity contribution in [3.63, 3.8) is 0 Å². The Balaban J connectivity index is 1.57. The standard InChI is InChI=1S/C19H20ClF6N5O2/c1-30-7-12(6-14(17(30)33)19(24,25)26)27-10-2-4-11(5-3-10)28-16(32)13-8-31(29-15(13)20)9-18(21,22)23/h6-8,10-11,27H,2-5,9H2,1H3,(H,28,32). The third-order valence-electron chi connectivity index (χ3n) is 5.22. The van der Waals surface area contributed by atoms with E-state index in [2.05, 4.69) is 15.7 Å². The number of aryl methyl sites for hydroxylation is 1. The molecule has 1 aliphatic rings. The SMILES string of the molecule is Cn1cc(NC2CCC(NC(=O)c3cn(CC(F)(F)F)nc3Cl)CC2)cc(C(F)(F)F)c1=O. The minimum Gasteiger partial charge on any atom is -0.381 e. The Morgan fingerprint density at radius 1 is 1.12 bits per heavy atom. The Morgan fingerprint density at radius 3 is 2.30 bits per heavy atom. The molecule has 2 heterocycles. The van der Waals surface area contributed by atoms with Crippen molar-refractivity contribution in [3.8, 4) is 0 Å². The van der Waals surface area contributed by atoms with Crippen LogP contribution < -0.4 is 16.2 Å². The zero-order valence-electron chi connectivity index (χ0n) is 17.2. The molecule has 1 aliphatic carbocycles. The highest BCUT2D eigenvalue weighted by Crippen LogP contribution is 2.29. The lowest BCUT2D eigenvalue weighted by Crippen LogP contribution is -2.40. The van der Waals surface area contributed by atoms with Gasteiger partial charge in [0.25, 0.3) is 11.5 Å². The van der Waals surface area contributed by atoms with Crippen LogP contribution in [-0.2, 0) is 19.8 Å². The fraction of sp³-hybridized carbons (Fsp3) is 0.526. The Kier molecular flexibility index (Phi) is 7.01.